The number of alkyl carbamates (subject to hydrolysis) is 1. The van der Waals surface area contributed by atoms with Crippen LogP contribution in [0.25, 0.3) is 0 Å². The predicted molar refractivity (Wildman–Crippen MR) is 87.1 cm³/mol. The molecular formula is C17H22N4O3. The van der Waals surface area contributed by atoms with Crippen molar-refractivity contribution in [3.8, 4) is 6.19 Å². The number of nitriles is 1. The monoisotopic (exact) mass is 330 g/mol. The molecule has 1 aliphatic rings. The fraction of sp³-hybridized carbons (Fsp3) is 0.471. The van der Waals surface area contributed by atoms with E-state index in [0.717, 1.165) is 29.8 Å². The molecular weight excluding hydrogens is 308 g/mol. The van der Waals surface area contributed by atoms with Crippen molar-refractivity contribution in [1.82, 2.24) is 15.8 Å². The molecule has 0 aliphatic heterocycles. The van der Waals surface area contributed by atoms with Crippen LogP contribution >= 0.6 is 0 Å². The van der Waals surface area contributed by atoms with Crippen LogP contribution in [0.4, 0.5) is 4.79 Å². The van der Waals surface area contributed by atoms with Gasteiger partial charge in [-0.1, -0.05) is 49.6 Å². The lowest BCUT2D eigenvalue weighted by Crippen LogP contribution is -2.61. The highest BCUT2D eigenvalue weighted by Crippen LogP contribution is 2.29. The fourth-order valence-electron chi connectivity index (χ4n) is 2.95. The highest BCUT2D eigenvalue weighted by Gasteiger charge is 2.43. The van der Waals surface area contributed by atoms with Crippen molar-refractivity contribution in [2.24, 2.45) is 0 Å². The van der Waals surface area contributed by atoms with Gasteiger partial charge in [0, 0.05) is 7.05 Å². The molecule has 0 bridgehead atoms. The highest BCUT2D eigenvalue weighted by molar-refractivity contribution is 5.89. The van der Waals surface area contributed by atoms with E-state index in [1.807, 2.05) is 30.3 Å². The van der Waals surface area contributed by atoms with E-state index in [1.54, 1.807) is 6.19 Å². The molecule has 24 heavy (non-hydrogen) atoms. The van der Waals surface area contributed by atoms with E-state index in [-0.39, 0.29) is 12.5 Å². The van der Waals surface area contributed by atoms with Crippen LogP contribution in [0.5, 0.6) is 0 Å². The molecule has 1 aromatic carbocycles. The van der Waals surface area contributed by atoms with Crippen molar-refractivity contribution in [3.63, 3.8) is 0 Å². The van der Waals surface area contributed by atoms with E-state index >= 15 is 0 Å². The Morgan fingerprint density at radius 3 is 2.54 bits per heavy atom. The van der Waals surface area contributed by atoms with E-state index in [2.05, 4.69) is 10.7 Å². The second-order valence-electron chi connectivity index (χ2n) is 5.92. The lowest BCUT2D eigenvalue weighted by Gasteiger charge is -2.38. The van der Waals surface area contributed by atoms with Crippen molar-refractivity contribution in [2.75, 3.05) is 7.05 Å². The first-order valence-electron chi connectivity index (χ1n) is 7.99. The summed E-state index contributed by atoms with van der Waals surface area (Å²) in [6.45, 7) is 0.142. The second-order valence-corrected chi connectivity index (χ2v) is 5.92. The molecule has 1 saturated carbocycles. The Balaban J connectivity index is 2.01. The summed E-state index contributed by atoms with van der Waals surface area (Å²) in [4.78, 5) is 24.8. The van der Waals surface area contributed by atoms with Gasteiger partial charge in [0.15, 0.2) is 6.19 Å². The first-order chi connectivity index (χ1) is 11.6. The van der Waals surface area contributed by atoms with Gasteiger partial charge >= 0.3 is 6.09 Å². The molecule has 0 spiro atoms. The van der Waals surface area contributed by atoms with Crippen LogP contribution in [-0.4, -0.2) is 29.6 Å². The average molecular weight is 330 g/mol. The number of nitrogens with one attached hydrogen (secondary N) is 2. The van der Waals surface area contributed by atoms with Gasteiger partial charge in [0.05, 0.1) is 0 Å². The zero-order chi connectivity index (χ0) is 17.4. The molecule has 7 heteroatoms. The molecule has 1 aromatic rings. The number of benzene rings is 1. The third kappa shape index (κ3) is 4.38. The number of carbonyl (C=O) groups excluding carboxylic acids is 2. The summed E-state index contributed by atoms with van der Waals surface area (Å²) in [5.74, 6) is -0.333. The normalized spacial score (nSPS) is 15.7. The number of hydrazine groups is 1. The minimum Gasteiger partial charge on any atom is -0.445 e. The Bertz CT molecular complexity index is 606. The van der Waals surface area contributed by atoms with Crippen molar-refractivity contribution < 1.29 is 14.3 Å². The van der Waals surface area contributed by atoms with Gasteiger partial charge in [-0.3, -0.25) is 4.79 Å². The zero-order valence-corrected chi connectivity index (χ0v) is 13.7. The molecule has 2 rings (SSSR count). The molecule has 2 N–H and O–H groups in total. The third-order valence-corrected chi connectivity index (χ3v) is 4.19. The Kier molecular flexibility index (Phi) is 6.01. The van der Waals surface area contributed by atoms with Crippen LogP contribution in [0.1, 0.15) is 37.7 Å². The van der Waals surface area contributed by atoms with Gasteiger partial charge in [-0.15, -0.1) is 0 Å². The minimum atomic E-state index is -1.02. The van der Waals surface area contributed by atoms with Crippen LogP contribution in [0.3, 0.4) is 0 Å². The standard InChI is InChI=1S/C17H22N4O3/c1-21(19-13-18)15(22)17(10-6-3-7-11-17)20-16(23)24-12-14-8-4-2-5-9-14/h2,4-5,8-9,19H,3,6-7,10-12H2,1H3,(H,20,23). The summed E-state index contributed by atoms with van der Waals surface area (Å²) in [5, 5.41) is 12.5. The van der Waals surface area contributed by atoms with Crippen LogP contribution in [0, 0.1) is 11.5 Å². The Morgan fingerprint density at radius 1 is 1.25 bits per heavy atom. The maximum Gasteiger partial charge on any atom is 0.408 e. The summed E-state index contributed by atoms with van der Waals surface area (Å²) < 4.78 is 5.24. The Morgan fingerprint density at radius 2 is 1.92 bits per heavy atom. The lowest BCUT2D eigenvalue weighted by atomic mass is 9.81. The highest BCUT2D eigenvalue weighted by atomic mass is 16.5. The number of carbonyl (C=O) groups is 2. The maximum atomic E-state index is 12.7. The lowest BCUT2D eigenvalue weighted by molar-refractivity contribution is -0.140. The molecule has 1 aliphatic carbocycles. The summed E-state index contributed by atoms with van der Waals surface area (Å²) in [5.41, 5.74) is 2.15. The number of hydrogen-bond donors (Lipinski definition) is 2. The summed E-state index contributed by atoms with van der Waals surface area (Å²) in [7, 11) is 1.47. The van der Waals surface area contributed by atoms with Crippen molar-refractivity contribution in [1.29, 1.82) is 5.26 Å². The topological polar surface area (TPSA) is 94.5 Å². The number of likely N-dealkylation sites (N-methyl/N-ethyl adjacent to an activating group) is 1. The first kappa shape index (κ1) is 17.6. The molecule has 0 aromatic heterocycles. The van der Waals surface area contributed by atoms with E-state index in [4.69, 9.17) is 10.00 Å². The second kappa shape index (κ2) is 8.20. The third-order valence-electron chi connectivity index (χ3n) is 4.19. The first-order valence-corrected chi connectivity index (χ1v) is 7.99. The SMILES string of the molecule is CN(NC#N)C(=O)C1(NC(=O)OCc2ccccc2)CCCCC1. The molecule has 0 atom stereocenters. The Hall–Kier alpha value is -2.75. The summed E-state index contributed by atoms with van der Waals surface area (Å²) >= 11 is 0. The smallest absolute Gasteiger partial charge is 0.408 e. The molecule has 2 amide bonds. The average Bonchev–Trinajstić information content (AvgIpc) is 2.61. The number of hydrogen-bond acceptors (Lipinski definition) is 5. The van der Waals surface area contributed by atoms with Gasteiger partial charge in [0.1, 0.15) is 12.1 Å². The molecule has 7 nitrogen and oxygen atoms in total. The number of ether oxygens (including phenoxy) is 1. The molecule has 128 valence electrons. The van der Waals surface area contributed by atoms with Crippen LogP contribution in [0.15, 0.2) is 30.3 Å². The molecule has 0 heterocycles. The van der Waals surface area contributed by atoms with Crippen molar-refractivity contribution >= 4 is 12.0 Å². The van der Waals surface area contributed by atoms with Crippen molar-refractivity contribution in [2.45, 2.75) is 44.2 Å². The van der Waals surface area contributed by atoms with Crippen LogP contribution in [0.2, 0.25) is 0 Å². The largest absolute Gasteiger partial charge is 0.445 e. The van der Waals surface area contributed by atoms with Gasteiger partial charge in [0.25, 0.3) is 5.91 Å². The molecule has 0 saturated heterocycles. The van der Waals surface area contributed by atoms with E-state index in [9.17, 15) is 9.59 Å². The number of rotatable bonds is 5. The quantitative estimate of drug-likeness (QED) is 0.489. The van der Waals surface area contributed by atoms with Gasteiger partial charge < -0.3 is 10.1 Å². The molecule has 0 radical (unpaired) electrons. The zero-order valence-electron chi connectivity index (χ0n) is 13.7. The van der Waals surface area contributed by atoms with E-state index in [1.165, 1.54) is 7.05 Å². The predicted octanol–water partition coefficient (Wildman–Crippen LogP) is 2.06. The number of nitrogens with zero attached hydrogens (tertiary/aromatic N) is 2. The van der Waals surface area contributed by atoms with Crippen molar-refractivity contribution in [3.05, 3.63) is 35.9 Å². The van der Waals surface area contributed by atoms with Gasteiger partial charge in [-0.25, -0.2) is 15.2 Å². The van der Waals surface area contributed by atoms with E-state index in [0.29, 0.717) is 12.8 Å². The maximum absolute atomic E-state index is 12.7. The van der Waals surface area contributed by atoms with Gasteiger partial charge in [-0.05, 0) is 18.4 Å². The van der Waals surface area contributed by atoms with Crippen LogP contribution < -0.4 is 10.7 Å². The van der Waals surface area contributed by atoms with Gasteiger partial charge in [-0.2, -0.15) is 5.26 Å². The minimum absolute atomic E-state index is 0.142. The summed E-state index contributed by atoms with van der Waals surface area (Å²) in [6, 6.07) is 9.34. The Labute approximate surface area is 141 Å². The molecule has 1 fully saturated rings. The molecule has 0 unspecified atom stereocenters. The van der Waals surface area contributed by atoms with Gasteiger partial charge in [0.2, 0.25) is 0 Å². The van der Waals surface area contributed by atoms with Crippen LogP contribution in [-0.2, 0) is 16.1 Å². The van der Waals surface area contributed by atoms with E-state index < -0.39 is 11.6 Å². The summed E-state index contributed by atoms with van der Waals surface area (Å²) in [6.07, 6.45) is 4.85. The fourth-order valence-corrected chi connectivity index (χ4v) is 2.95. The number of amides is 2.